The number of nitrogens with one attached hydrogen (secondary N) is 1. The molecule has 0 saturated heterocycles. The lowest BCUT2D eigenvalue weighted by Crippen LogP contribution is -2.08. The molecule has 0 atom stereocenters. The third-order valence-electron chi connectivity index (χ3n) is 2.80. The predicted octanol–water partition coefficient (Wildman–Crippen LogP) is 3.35. The van der Waals surface area contributed by atoms with Crippen molar-refractivity contribution in [3.63, 3.8) is 0 Å². The van der Waals surface area contributed by atoms with E-state index in [4.69, 9.17) is 0 Å². The summed E-state index contributed by atoms with van der Waals surface area (Å²) in [5.41, 5.74) is 0.755. The molecule has 0 radical (unpaired) electrons. The van der Waals surface area contributed by atoms with Crippen molar-refractivity contribution in [1.82, 2.24) is 9.97 Å². The highest BCUT2D eigenvalue weighted by molar-refractivity contribution is 9.10. The molecule has 0 spiro atoms. The number of H-pyrrole nitrogens is 1. The fourth-order valence-corrected chi connectivity index (χ4v) is 2.15. The number of fused-ring (bicyclic) bond motifs is 1. The number of benzene rings is 2. The van der Waals surface area contributed by atoms with E-state index in [1.165, 1.54) is 6.20 Å². The Balaban J connectivity index is 2.31. The Morgan fingerprint density at radius 2 is 1.83 bits per heavy atom. The van der Waals surface area contributed by atoms with Crippen molar-refractivity contribution in [1.29, 1.82) is 0 Å². The summed E-state index contributed by atoms with van der Waals surface area (Å²) in [5.74, 6) is 0.583. The van der Waals surface area contributed by atoms with Gasteiger partial charge in [0, 0.05) is 11.8 Å². The number of nitrogens with zero attached hydrogens (tertiary/aromatic N) is 1. The monoisotopic (exact) mass is 300 g/mol. The van der Waals surface area contributed by atoms with Crippen LogP contribution < -0.4 is 5.56 Å². The summed E-state index contributed by atoms with van der Waals surface area (Å²) in [4.78, 5) is 18.6. The largest absolute Gasteiger partial charge is 0.306 e. The van der Waals surface area contributed by atoms with Gasteiger partial charge in [0.05, 0.1) is 0 Å². The maximum atomic E-state index is 11.6. The third-order valence-corrected chi connectivity index (χ3v) is 3.37. The van der Waals surface area contributed by atoms with Crippen LogP contribution in [-0.2, 0) is 0 Å². The van der Waals surface area contributed by atoms with Gasteiger partial charge in [-0.1, -0.05) is 42.5 Å². The zero-order valence-corrected chi connectivity index (χ0v) is 10.9. The molecule has 1 N–H and O–H groups in total. The van der Waals surface area contributed by atoms with Gasteiger partial charge in [-0.3, -0.25) is 4.79 Å². The molecular formula is C14H9BrN2O. The van der Waals surface area contributed by atoms with Gasteiger partial charge < -0.3 is 4.98 Å². The quantitative estimate of drug-likeness (QED) is 0.749. The Bertz CT molecular complexity index is 775. The van der Waals surface area contributed by atoms with Crippen molar-refractivity contribution in [2.24, 2.45) is 0 Å². The van der Waals surface area contributed by atoms with Crippen LogP contribution in [0.4, 0.5) is 0 Å². The minimum Gasteiger partial charge on any atom is -0.306 e. The Labute approximate surface area is 112 Å². The maximum Gasteiger partial charge on any atom is 0.265 e. The molecular weight excluding hydrogens is 292 g/mol. The van der Waals surface area contributed by atoms with Crippen LogP contribution in [0.25, 0.3) is 22.2 Å². The van der Waals surface area contributed by atoms with Crippen LogP contribution in [-0.4, -0.2) is 9.97 Å². The summed E-state index contributed by atoms with van der Waals surface area (Å²) in [6.45, 7) is 0. The number of hydrogen-bond acceptors (Lipinski definition) is 2. The highest BCUT2D eigenvalue weighted by Gasteiger charge is 2.06. The first-order valence-corrected chi connectivity index (χ1v) is 6.28. The third kappa shape index (κ3) is 1.84. The number of rotatable bonds is 1. The molecule has 1 aromatic heterocycles. The summed E-state index contributed by atoms with van der Waals surface area (Å²) in [6.07, 6.45) is 1.52. The number of aromatic nitrogens is 2. The van der Waals surface area contributed by atoms with E-state index in [1.54, 1.807) is 0 Å². The van der Waals surface area contributed by atoms with Gasteiger partial charge >= 0.3 is 0 Å². The molecule has 0 fully saturated rings. The zero-order chi connectivity index (χ0) is 12.5. The summed E-state index contributed by atoms with van der Waals surface area (Å²) in [7, 11) is 0. The smallest absolute Gasteiger partial charge is 0.265 e. The molecule has 0 unspecified atom stereocenters. The molecule has 0 bridgehead atoms. The molecule has 3 nitrogen and oxygen atoms in total. The van der Waals surface area contributed by atoms with E-state index in [-0.39, 0.29) is 5.56 Å². The second-order valence-electron chi connectivity index (χ2n) is 3.94. The summed E-state index contributed by atoms with van der Waals surface area (Å²) in [6, 6.07) is 14.0. The van der Waals surface area contributed by atoms with Gasteiger partial charge in [-0.2, -0.15) is 0 Å². The normalized spacial score (nSPS) is 10.7. The van der Waals surface area contributed by atoms with Crippen LogP contribution in [0.15, 0.2) is 57.9 Å². The predicted molar refractivity (Wildman–Crippen MR) is 75.5 cm³/mol. The van der Waals surface area contributed by atoms with Crippen molar-refractivity contribution in [2.75, 3.05) is 0 Å². The highest BCUT2D eigenvalue weighted by Crippen LogP contribution is 2.25. The second-order valence-corrected chi connectivity index (χ2v) is 4.79. The van der Waals surface area contributed by atoms with Gasteiger partial charge in [0.25, 0.3) is 5.56 Å². The molecule has 2 aromatic carbocycles. The number of hydrogen-bond donors (Lipinski definition) is 1. The van der Waals surface area contributed by atoms with E-state index in [1.807, 2.05) is 42.5 Å². The van der Waals surface area contributed by atoms with Crippen LogP contribution in [0.5, 0.6) is 0 Å². The van der Waals surface area contributed by atoms with E-state index in [0.717, 1.165) is 16.3 Å². The summed E-state index contributed by atoms with van der Waals surface area (Å²) in [5, 5.41) is 2.20. The fraction of sp³-hybridized carbons (Fsp3) is 0. The lowest BCUT2D eigenvalue weighted by Gasteiger charge is -2.05. The standard InChI is InChI=1S/C14H9BrN2O/c15-12-8-16-13(17-14(12)18)11-7-3-5-9-4-1-2-6-10(9)11/h1-8H,(H,16,17,18). The Kier molecular flexibility index (Phi) is 2.72. The molecule has 0 aliphatic rings. The molecule has 3 aromatic rings. The molecule has 1 heterocycles. The van der Waals surface area contributed by atoms with E-state index < -0.39 is 0 Å². The van der Waals surface area contributed by atoms with Gasteiger partial charge in [0.2, 0.25) is 0 Å². The fourth-order valence-electron chi connectivity index (χ4n) is 1.95. The molecule has 0 aliphatic heterocycles. The van der Waals surface area contributed by atoms with E-state index in [9.17, 15) is 4.79 Å². The van der Waals surface area contributed by atoms with Gasteiger partial charge in [0.1, 0.15) is 10.3 Å². The Morgan fingerprint density at radius 1 is 1.06 bits per heavy atom. The maximum absolute atomic E-state index is 11.6. The Morgan fingerprint density at radius 3 is 2.67 bits per heavy atom. The average molecular weight is 301 g/mol. The molecule has 3 rings (SSSR count). The SMILES string of the molecule is O=c1[nH]c(-c2cccc3ccccc23)ncc1Br. The molecule has 88 valence electrons. The molecule has 18 heavy (non-hydrogen) atoms. The average Bonchev–Trinajstić information content (AvgIpc) is 2.41. The summed E-state index contributed by atoms with van der Waals surface area (Å²) < 4.78 is 0.437. The first kappa shape index (κ1) is 11.2. The molecule has 0 saturated carbocycles. The Hall–Kier alpha value is -1.94. The minimum atomic E-state index is -0.173. The van der Waals surface area contributed by atoms with Crippen LogP contribution in [0.1, 0.15) is 0 Å². The van der Waals surface area contributed by atoms with Crippen LogP contribution in [0.2, 0.25) is 0 Å². The van der Waals surface area contributed by atoms with Crippen molar-refractivity contribution < 1.29 is 0 Å². The van der Waals surface area contributed by atoms with Crippen LogP contribution in [0.3, 0.4) is 0 Å². The first-order chi connectivity index (χ1) is 8.75. The van der Waals surface area contributed by atoms with E-state index >= 15 is 0 Å². The number of halogens is 1. The van der Waals surface area contributed by atoms with Crippen molar-refractivity contribution in [3.8, 4) is 11.4 Å². The zero-order valence-electron chi connectivity index (χ0n) is 9.35. The van der Waals surface area contributed by atoms with Crippen molar-refractivity contribution in [3.05, 3.63) is 63.5 Å². The highest BCUT2D eigenvalue weighted by atomic mass is 79.9. The topological polar surface area (TPSA) is 45.8 Å². The van der Waals surface area contributed by atoms with Gasteiger partial charge in [-0.05, 0) is 26.7 Å². The van der Waals surface area contributed by atoms with Crippen molar-refractivity contribution >= 4 is 26.7 Å². The van der Waals surface area contributed by atoms with E-state index in [2.05, 4.69) is 25.9 Å². The summed E-state index contributed by atoms with van der Waals surface area (Å²) >= 11 is 3.15. The first-order valence-electron chi connectivity index (χ1n) is 5.48. The molecule has 4 heteroatoms. The van der Waals surface area contributed by atoms with Crippen LogP contribution >= 0.6 is 15.9 Å². The van der Waals surface area contributed by atoms with Gasteiger partial charge in [-0.15, -0.1) is 0 Å². The van der Waals surface area contributed by atoms with Gasteiger partial charge in [0.15, 0.2) is 0 Å². The van der Waals surface area contributed by atoms with E-state index in [0.29, 0.717) is 10.3 Å². The molecule has 0 aliphatic carbocycles. The molecule has 0 amide bonds. The second kappa shape index (κ2) is 4.38. The van der Waals surface area contributed by atoms with Crippen molar-refractivity contribution in [2.45, 2.75) is 0 Å². The lowest BCUT2D eigenvalue weighted by atomic mass is 10.0. The lowest BCUT2D eigenvalue weighted by molar-refractivity contribution is 1.11. The van der Waals surface area contributed by atoms with Gasteiger partial charge in [-0.25, -0.2) is 4.98 Å². The minimum absolute atomic E-state index is 0.173. The van der Waals surface area contributed by atoms with Crippen LogP contribution in [0, 0.1) is 0 Å². The number of aromatic amines is 1.